The molecule has 1 rings (SSSR count). The first-order valence-electron chi connectivity index (χ1n) is 3.28. The minimum absolute atomic E-state index is 0.0137. The van der Waals surface area contributed by atoms with Crippen LogP contribution < -0.4 is 5.73 Å². The van der Waals surface area contributed by atoms with Gasteiger partial charge >= 0.3 is 0 Å². The minimum atomic E-state index is -0.723. The number of benzene rings is 1. The van der Waals surface area contributed by atoms with E-state index in [-0.39, 0.29) is 10.6 Å². The first kappa shape index (κ1) is 9.00. The Morgan fingerprint density at radius 1 is 1.58 bits per heavy atom. The third-order valence-electron chi connectivity index (χ3n) is 1.54. The molecule has 0 heterocycles. The van der Waals surface area contributed by atoms with Crippen molar-refractivity contribution in [3.8, 4) is 0 Å². The fraction of sp³-hybridized carbons (Fsp3) is 0.125. The topological polar surface area (TPSA) is 43.1 Å². The maximum atomic E-state index is 13.0. The molecule has 0 aromatic heterocycles. The second kappa shape index (κ2) is 3.11. The minimum Gasteiger partial charge on any atom is -0.366 e. The van der Waals surface area contributed by atoms with Crippen LogP contribution in [0.1, 0.15) is 15.9 Å². The number of hydrogen-bond acceptors (Lipinski definition) is 1. The van der Waals surface area contributed by atoms with Gasteiger partial charge in [-0.15, -0.1) is 0 Å². The van der Waals surface area contributed by atoms with E-state index in [0.29, 0.717) is 5.56 Å². The van der Waals surface area contributed by atoms with E-state index in [1.54, 1.807) is 6.92 Å². The Morgan fingerprint density at radius 3 is 2.67 bits per heavy atom. The maximum Gasteiger partial charge on any atom is 0.250 e. The Bertz CT molecular complexity index is 338. The molecule has 0 bridgehead atoms. The number of carbonyl (C=O) groups is 1. The summed E-state index contributed by atoms with van der Waals surface area (Å²) in [4.78, 5) is 10.7. The molecular formula is C8H7ClFNO. The van der Waals surface area contributed by atoms with Crippen molar-refractivity contribution in [1.82, 2.24) is 0 Å². The third-order valence-corrected chi connectivity index (χ3v) is 1.91. The van der Waals surface area contributed by atoms with E-state index in [0.717, 1.165) is 0 Å². The van der Waals surface area contributed by atoms with Gasteiger partial charge in [-0.3, -0.25) is 4.79 Å². The lowest BCUT2D eigenvalue weighted by Gasteiger charge is -2.02. The molecule has 2 N–H and O–H groups in total. The Morgan fingerprint density at radius 2 is 2.17 bits per heavy atom. The van der Waals surface area contributed by atoms with Gasteiger partial charge in [-0.1, -0.05) is 17.7 Å². The zero-order valence-electron chi connectivity index (χ0n) is 6.40. The molecule has 0 fully saturated rings. The number of amides is 1. The molecule has 64 valence electrons. The van der Waals surface area contributed by atoms with E-state index in [2.05, 4.69) is 0 Å². The molecule has 0 unspecified atom stereocenters. The van der Waals surface area contributed by atoms with E-state index in [1.807, 2.05) is 0 Å². The Kier molecular flexibility index (Phi) is 2.33. The van der Waals surface area contributed by atoms with E-state index in [9.17, 15) is 9.18 Å². The molecule has 0 saturated heterocycles. The van der Waals surface area contributed by atoms with Gasteiger partial charge in [-0.25, -0.2) is 4.39 Å². The first-order chi connectivity index (χ1) is 5.54. The Hall–Kier alpha value is -1.09. The molecule has 2 nitrogen and oxygen atoms in total. The molecule has 1 aromatic rings. The monoisotopic (exact) mass is 187 g/mol. The van der Waals surface area contributed by atoms with Crippen LogP contribution in [0.4, 0.5) is 4.39 Å². The summed E-state index contributed by atoms with van der Waals surface area (Å²) < 4.78 is 13.0. The smallest absolute Gasteiger partial charge is 0.250 e. The van der Waals surface area contributed by atoms with Crippen LogP contribution >= 0.6 is 11.6 Å². The number of nitrogens with two attached hydrogens (primary N) is 1. The highest BCUT2D eigenvalue weighted by Gasteiger charge is 2.12. The second-order valence-corrected chi connectivity index (χ2v) is 2.80. The number of aryl methyl sites for hydroxylation is 1. The predicted molar refractivity (Wildman–Crippen MR) is 44.7 cm³/mol. The summed E-state index contributed by atoms with van der Waals surface area (Å²) in [6.07, 6.45) is 0. The summed E-state index contributed by atoms with van der Waals surface area (Å²) in [5.41, 5.74) is 5.35. The standard InChI is InChI=1S/C8H7ClFNO/c1-4-2-3-5(8(11)12)6(9)7(4)10/h2-3H,1H3,(H2,11,12). The van der Waals surface area contributed by atoms with E-state index < -0.39 is 11.7 Å². The Balaban J connectivity index is 3.36. The third kappa shape index (κ3) is 1.41. The van der Waals surface area contributed by atoms with Crippen LogP contribution in [0.15, 0.2) is 12.1 Å². The van der Waals surface area contributed by atoms with E-state index in [1.165, 1.54) is 12.1 Å². The highest BCUT2D eigenvalue weighted by molar-refractivity contribution is 6.34. The van der Waals surface area contributed by atoms with Crippen molar-refractivity contribution in [3.63, 3.8) is 0 Å². The Labute approximate surface area is 74.1 Å². The van der Waals surface area contributed by atoms with Crippen molar-refractivity contribution in [3.05, 3.63) is 34.1 Å². The van der Waals surface area contributed by atoms with Gasteiger partial charge in [0, 0.05) is 0 Å². The molecule has 0 radical (unpaired) electrons. The zero-order valence-corrected chi connectivity index (χ0v) is 7.15. The largest absolute Gasteiger partial charge is 0.366 e. The summed E-state index contributed by atoms with van der Waals surface area (Å²) in [6.45, 7) is 1.56. The SMILES string of the molecule is Cc1ccc(C(N)=O)c(Cl)c1F. The van der Waals surface area contributed by atoms with Crippen molar-refractivity contribution in [2.45, 2.75) is 6.92 Å². The highest BCUT2D eigenvalue weighted by Crippen LogP contribution is 2.21. The van der Waals surface area contributed by atoms with E-state index in [4.69, 9.17) is 17.3 Å². The molecule has 0 aliphatic rings. The lowest BCUT2D eigenvalue weighted by atomic mass is 10.1. The molecule has 0 atom stereocenters. The number of rotatable bonds is 1. The highest BCUT2D eigenvalue weighted by atomic mass is 35.5. The van der Waals surface area contributed by atoms with E-state index >= 15 is 0 Å². The quantitative estimate of drug-likeness (QED) is 0.717. The normalized spacial score (nSPS) is 9.92. The molecular weight excluding hydrogens is 181 g/mol. The number of halogens is 2. The van der Waals surface area contributed by atoms with Gasteiger partial charge < -0.3 is 5.73 Å². The molecule has 4 heteroatoms. The number of primary amides is 1. The lowest BCUT2D eigenvalue weighted by Crippen LogP contribution is -2.12. The van der Waals surface area contributed by atoms with Crippen LogP contribution in [0.2, 0.25) is 5.02 Å². The fourth-order valence-electron chi connectivity index (χ4n) is 0.836. The van der Waals surface area contributed by atoms with Gasteiger partial charge in [0.25, 0.3) is 0 Å². The molecule has 0 aliphatic carbocycles. The van der Waals surface area contributed by atoms with Crippen LogP contribution in [0.5, 0.6) is 0 Å². The molecule has 0 spiro atoms. The van der Waals surface area contributed by atoms with Gasteiger partial charge in [0.15, 0.2) is 0 Å². The van der Waals surface area contributed by atoms with Gasteiger partial charge in [0.05, 0.1) is 10.6 Å². The van der Waals surface area contributed by atoms with Crippen LogP contribution in [-0.2, 0) is 0 Å². The van der Waals surface area contributed by atoms with Crippen LogP contribution in [0, 0.1) is 12.7 Å². The van der Waals surface area contributed by atoms with Crippen molar-refractivity contribution in [2.24, 2.45) is 5.73 Å². The summed E-state index contributed by atoms with van der Waals surface area (Å²) in [6, 6.07) is 2.87. The van der Waals surface area contributed by atoms with Crippen molar-refractivity contribution in [2.75, 3.05) is 0 Å². The van der Waals surface area contributed by atoms with Crippen LogP contribution in [0.3, 0.4) is 0 Å². The predicted octanol–water partition coefficient (Wildman–Crippen LogP) is 1.89. The summed E-state index contributed by atoms with van der Waals surface area (Å²) >= 11 is 5.52. The zero-order chi connectivity index (χ0) is 9.30. The molecule has 0 saturated carbocycles. The molecule has 1 aromatic carbocycles. The summed E-state index contributed by atoms with van der Waals surface area (Å²) in [5, 5.41) is -0.206. The number of hydrogen-bond donors (Lipinski definition) is 1. The molecule has 12 heavy (non-hydrogen) atoms. The van der Waals surface area contributed by atoms with Crippen LogP contribution in [-0.4, -0.2) is 5.91 Å². The molecule has 0 aliphatic heterocycles. The van der Waals surface area contributed by atoms with Gasteiger partial charge in [-0.05, 0) is 18.6 Å². The average Bonchev–Trinajstić information content (AvgIpc) is 2.00. The first-order valence-corrected chi connectivity index (χ1v) is 3.66. The number of carbonyl (C=O) groups excluding carboxylic acids is 1. The van der Waals surface area contributed by atoms with Crippen LogP contribution in [0.25, 0.3) is 0 Å². The van der Waals surface area contributed by atoms with Crippen molar-refractivity contribution >= 4 is 17.5 Å². The summed E-state index contributed by atoms with van der Waals surface area (Å²) in [7, 11) is 0. The van der Waals surface area contributed by atoms with Gasteiger partial charge in [0.1, 0.15) is 5.82 Å². The summed E-state index contributed by atoms with van der Waals surface area (Å²) in [5.74, 6) is -1.31. The lowest BCUT2D eigenvalue weighted by molar-refractivity contribution is 0.1000. The molecule has 1 amide bonds. The second-order valence-electron chi connectivity index (χ2n) is 2.42. The average molecular weight is 188 g/mol. The fourth-order valence-corrected chi connectivity index (χ4v) is 1.14. The van der Waals surface area contributed by atoms with Gasteiger partial charge in [-0.2, -0.15) is 0 Å². The van der Waals surface area contributed by atoms with Crippen molar-refractivity contribution < 1.29 is 9.18 Å². The van der Waals surface area contributed by atoms with Gasteiger partial charge in [0.2, 0.25) is 5.91 Å². The maximum absolute atomic E-state index is 13.0. The van der Waals surface area contributed by atoms with Crippen molar-refractivity contribution in [1.29, 1.82) is 0 Å².